The van der Waals surface area contributed by atoms with Crippen LogP contribution in [0, 0.1) is 0 Å². The normalized spacial score (nSPS) is 17.8. The minimum absolute atomic E-state index is 0.149. The van der Waals surface area contributed by atoms with Crippen molar-refractivity contribution >= 4 is 17.4 Å². The van der Waals surface area contributed by atoms with E-state index in [-0.39, 0.29) is 17.1 Å². The second-order valence-electron chi connectivity index (χ2n) is 4.29. The number of hydrogen-bond acceptors (Lipinski definition) is 4. The van der Waals surface area contributed by atoms with Crippen molar-refractivity contribution in [3.05, 3.63) is 17.0 Å². The number of piperidine rings is 1. The van der Waals surface area contributed by atoms with Crippen LogP contribution in [-0.2, 0) is 10.9 Å². The van der Waals surface area contributed by atoms with Crippen LogP contribution in [0.1, 0.15) is 18.7 Å². The smallest absolute Gasteiger partial charge is 0.381 e. The lowest BCUT2D eigenvalue weighted by Gasteiger charge is -2.32. The first-order valence-corrected chi connectivity index (χ1v) is 6.17. The summed E-state index contributed by atoms with van der Waals surface area (Å²) in [4.78, 5) is 8.52. The Hall–Kier alpha value is -1.08. The highest BCUT2D eigenvalue weighted by molar-refractivity contribution is 6.29. The van der Waals surface area contributed by atoms with Gasteiger partial charge in [-0.1, -0.05) is 11.6 Å². The summed E-state index contributed by atoms with van der Waals surface area (Å²) in [7, 11) is 1.63. The Morgan fingerprint density at radius 2 is 1.95 bits per heavy atom. The number of methoxy groups -OCH3 is 1. The molecule has 2 heterocycles. The number of halogens is 4. The first-order chi connectivity index (χ1) is 8.90. The van der Waals surface area contributed by atoms with Crippen molar-refractivity contribution in [2.45, 2.75) is 25.1 Å². The van der Waals surface area contributed by atoms with Crippen molar-refractivity contribution in [2.75, 3.05) is 25.1 Å². The van der Waals surface area contributed by atoms with Crippen LogP contribution < -0.4 is 4.90 Å². The standard InChI is InChI=1S/C11H13ClF3N3O/c1-19-7-2-4-18(5-3-7)9-6-8(12)16-10(17-9)11(13,14)15/h6-7H,2-5H2,1H3. The summed E-state index contributed by atoms with van der Waals surface area (Å²) in [6.07, 6.45) is -2.95. The first kappa shape index (κ1) is 14.3. The molecule has 0 saturated carbocycles. The minimum Gasteiger partial charge on any atom is -0.381 e. The molecule has 2 rings (SSSR count). The molecule has 19 heavy (non-hydrogen) atoms. The SMILES string of the molecule is COC1CCN(c2cc(Cl)nc(C(F)(F)F)n2)CC1. The van der Waals surface area contributed by atoms with Gasteiger partial charge in [-0.15, -0.1) is 0 Å². The zero-order valence-electron chi connectivity index (χ0n) is 10.2. The number of anilines is 1. The molecule has 8 heteroatoms. The first-order valence-electron chi connectivity index (χ1n) is 5.79. The summed E-state index contributed by atoms with van der Waals surface area (Å²) in [5.41, 5.74) is 0. The van der Waals surface area contributed by atoms with E-state index in [0.29, 0.717) is 13.1 Å². The molecule has 106 valence electrons. The van der Waals surface area contributed by atoms with Gasteiger partial charge in [0.15, 0.2) is 0 Å². The molecule has 0 bridgehead atoms. The number of aromatic nitrogens is 2. The maximum atomic E-state index is 12.6. The number of nitrogens with zero attached hydrogens (tertiary/aromatic N) is 3. The van der Waals surface area contributed by atoms with Gasteiger partial charge in [-0.25, -0.2) is 9.97 Å². The Bertz CT molecular complexity index is 447. The van der Waals surface area contributed by atoms with Gasteiger partial charge >= 0.3 is 6.18 Å². The lowest BCUT2D eigenvalue weighted by atomic mass is 10.1. The van der Waals surface area contributed by atoms with Gasteiger partial charge in [0.2, 0.25) is 5.82 Å². The Kier molecular flexibility index (Phi) is 4.15. The van der Waals surface area contributed by atoms with E-state index in [9.17, 15) is 13.2 Å². The molecule has 1 saturated heterocycles. The van der Waals surface area contributed by atoms with Gasteiger partial charge in [0.05, 0.1) is 6.10 Å². The Labute approximate surface area is 113 Å². The van der Waals surface area contributed by atoms with Crippen LogP contribution in [0.3, 0.4) is 0 Å². The predicted octanol–water partition coefficient (Wildman–Crippen LogP) is 2.76. The molecule has 0 atom stereocenters. The van der Waals surface area contributed by atoms with Gasteiger partial charge in [0.1, 0.15) is 11.0 Å². The van der Waals surface area contributed by atoms with Crippen LogP contribution in [0.15, 0.2) is 6.07 Å². The molecular weight excluding hydrogens is 283 g/mol. The number of alkyl halides is 3. The average Bonchev–Trinajstić information content (AvgIpc) is 2.37. The largest absolute Gasteiger partial charge is 0.451 e. The zero-order chi connectivity index (χ0) is 14.0. The van der Waals surface area contributed by atoms with Gasteiger partial charge < -0.3 is 9.64 Å². The monoisotopic (exact) mass is 295 g/mol. The van der Waals surface area contributed by atoms with E-state index in [4.69, 9.17) is 16.3 Å². The van der Waals surface area contributed by atoms with Crippen molar-refractivity contribution in [1.82, 2.24) is 9.97 Å². The molecule has 0 aliphatic carbocycles. The Morgan fingerprint density at radius 1 is 1.32 bits per heavy atom. The van der Waals surface area contributed by atoms with Crippen LogP contribution in [0.2, 0.25) is 5.15 Å². The third kappa shape index (κ3) is 3.48. The fourth-order valence-electron chi connectivity index (χ4n) is 2.02. The number of ether oxygens (including phenoxy) is 1. The average molecular weight is 296 g/mol. The second-order valence-corrected chi connectivity index (χ2v) is 4.68. The van der Waals surface area contributed by atoms with Gasteiger partial charge in [-0.3, -0.25) is 0 Å². The third-order valence-electron chi connectivity index (χ3n) is 3.03. The topological polar surface area (TPSA) is 38.2 Å². The van der Waals surface area contributed by atoms with E-state index in [1.54, 1.807) is 12.0 Å². The maximum Gasteiger partial charge on any atom is 0.451 e. The summed E-state index contributed by atoms with van der Waals surface area (Å²) in [6.45, 7) is 1.17. The summed E-state index contributed by atoms with van der Waals surface area (Å²) in [6, 6.07) is 1.35. The van der Waals surface area contributed by atoms with Gasteiger partial charge in [-0.2, -0.15) is 13.2 Å². The summed E-state index contributed by atoms with van der Waals surface area (Å²) in [5.74, 6) is -0.995. The highest BCUT2D eigenvalue weighted by Crippen LogP contribution is 2.30. The van der Waals surface area contributed by atoms with E-state index in [2.05, 4.69) is 9.97 Å². The third-order valence-corrected chi connectivity index (χ3v) is 3.23. The van der Waals surface area contributed by atoms with Crippen LogP contribution >= 0.6 is 11.6 Å². The molecular formula is C11H13ClF3N3O. The van der Waals surface area contributed by atoms with Crippen LogP contribution in [0.25, 0.3) is 0 Å². The fourth-order valence-corrected chi connectivity index (χ4v) is 2.19. The molecule has 1 aliphatic rings. The molecule has 0 radical (unpaired) electrons. The van der Waals surface area contributed by atoms with Crippen molar-refractivity contribution in [1.29, 1.82) is 0 Å². The molecule has 1 aliphatic heterocycles. The van der Waals surface area contributed by atoms with Crippen molar-refractivity contribution < 1.29 is 17.9 Å². The van der Waals surface area contributed by atoms with Gasteiger partial charge in [0, 0.05) is 26.3 Å². The second kappa shape index (κ2) is 5.50. The lowest BCUT2D eigenvalue weighted by Crippen LogP contribution is -2.37. The minimum atomic E-state index is -4.59. The molecule has 1 aromatic heterocycles. The summed E-state index contributed by atoms with van der Waals surface area (Å²) in [5, 5.41) is -0.203. The van der Waals surface area contributed by atoms with E-state index >= 15 is 0 Å². The molecule has 0 unspecified atom stereocenters. The maximum absolute atomic E-state index is 12.6. The van der Waals surface area contributed by atoms with E-state index in [1.807, 2.05) is 0 Å². The summed E-state index contributed by atoms with van der Waals surface area (Å²) < 4.78 is 43.0. The van der Waals surface area contributed by atoms with Gasteiger partial charge in [-0.05, 0) is 12.8 Å². The van der Waals surface area contributed by atoms with Crippen molar-refractivity contribution in [3.63, 3.8) is 0 Å². The van der Waals surface area contributed by atoms with Crippen molar-refractivity contribution in [3.8, 4) is 0 Å². The van der Waals surface area contributed by atoms with Crippen LogP contribution in [-0.4, -0.2) is 36.3 Å². The van der Waals surface area contributed by atoms with Crippen molar-refractivity contribution in [2.24, 2.45) is 0 Å². The summed E-state index contributed by atoms with van der Waals surface area (Å²) >= 11 is 5.63. The molecule has 0 amide bonds. The number of rotatable bonds is 2. The molecule has 1 aromatic rings. The molecule has 1 fully saturated rings. The van der Waals surface area contributed by atoms with Crippen LogP contribution in [0.5, 0.6) is 0 Å². The molecule has 0 aromatic carbocycles. The van der Waals surface area contributed by atoms with E-state index in [0.717, 1.165) is 12.8 Å². The van der Waals surface area contributed by atoms with E-state index in [1.165, 1.54) is 6.07 Å². The lowest BCUT2D eigenvalue weighted by molar-refractivity contribution is -0.144. The fraction of sp³-hybridized carbons (Fsp3) is 0.636. The Balaban J connectivity index is 2.19. The van der Waals surface area contributed by atoms with Gasteiger partial charge in [0.25, 0.3) is 0 Å². The quantitative estimate of drug-likeness (QED) is 0.787. The molecule has 4 nitrogen and oxygen atoms in total. The highest BCUT2D eigenvalue weighted by Gasteiger charge is 2.36. The molecule has 0 spiro atoms. The van der Waals surface area contributed by atoms with E-state index < -0.39 is 12.0 Å². The molecule has 0 N–H and O–H groups in total. The number of hydrogen-bond donors (Lipinski definition) is 0. The highest BCUT2D eigenvalue weighted by atomic mass is 35.5. The predicted molar refractivity (Wildman–Crippen MR) is 64.3 cm³/mol. The Morgan fingerprint density at radius 3 is 2.47 bits per heavy atom. The van der Waals surface area contributed by atoms with Crippen LogP contribution in [0.4, 0.5) is 19.0 Å². The zero-order valence-corrected chi connectivity index (χ0v) is 11.0.